The first kappa shape index (κ1) is 13.0. The van der Waals surface area contributed by atoms with E-state index in [1.807, 2.05) is 0 Å². The molecular weight excluding hydrogens is 268 g/mol. The highest BCUT2D eigenvalue weighted by Crippen LogP contribution is 2.30. The number of aromatic amines is 1. The summed E-state index contributed by atoms with van der Waals surface area (Å²) in [6, 6.07) is 0. The van der Waals surface area contributed by atoms with E-state index in [0.717, 1.165) is 0 Å². The van der Waals surface area contributed by atoms with Crippen molar-refractivity contribution >= 4 is 17.1 Å². The van der Waals surface area contributed by atoms with Gasteiger partial charge >= 0.3 is 0 Å². The Labute approximate surface area is 112 Å². The third-order valence-corrected chi connectivity index (χ3v) is 3.29. The molecule has 0 spiro atoms. The molecule has 2 aromatic rings. The number of aliphatic hydroxyl groups excluding tert-OH is 2. The highest BCUT2D eigenvalue weighted by atomic mass is 16.6. The summed E-state index contributed by atoms with van der Waals surface area (Å²) in [6.45, 7) is 0.0531. The zero-order chi connectivity index (χ0) is 14.4. The maximum absolute atomic E-state index is 11.7. The van der Waals surface area contributed by atoms with Crippen LogP contribution in [0.25, 0.3) is 11.2 Å². The SMILES string of the molecule is NCC1O[C@@H](n2cnc3c(=O)[nH]c(N)nc32)C(O)C1O. The third-order valence-electron chi connectivity index (χ3n) is 3.29. The number of H-pyrrole nitrogens is 1. The number of hydrogen-bond donors (Lipinski definition) is 5. The predicted octanol–water partition coefficient (Wildman–Crippen LogP) is -2.72. The van der Waals surface area contributed by atoms with Crippen LogP contribution in [0.5, 0.6) is 0 Å². The molecule has 1 aliphatic rings. The number of fused-ring (bicyclic) bond motifs is 1. The molecule has 2 aromatic heterocycles. The lowest BCUT2D eigenvalue weighted by molar-refractivity contribution is -0.0321. The van der Waals surface area contributed by atoms with Crippen molar-refractivity contribution in [3.8, 4) is 0 Å². The summed E-state index contributed by atoms with van der Waals surface area (Å²) in [5.41, 5.74) is 10.7. The van der Waals surface area contributed by atoms with Crippen molar-refractivity contribution in [3.63, 3.8) is 0 Å². The number of imidazole rings is 1. The molecule has 0 bridgehead atoms. The van der Waals surface area contributed by atoms with Crippen molar-refractivity contribution in [2.75, 3.05) is 12.3 Å². The van der Waals surface area contributed by atoms with Gasteiger partial charge in [-0.25, -0.2) is 4.98 Å². The summed E-state index contributed by atoms with van der Waals surface area (Å²) >= 11 is 0. The van der Waals surface area contributed by atoms with E-state index in [9.17, 15) is 15.0 Å². The lowest BCUT2D eigenvalue weighted by Crippen LogP contribution is -2.35. The zero-order valence-electron chi connectivity index (χ0n) is 10.3. The number of hydrogen-bond acceptors (Lipinski definition) is 8. The van der Waals surface area contributed by atoms with Crippen molar-refractivity contribution in [1.82, 2.24) is 19.5 Å². The van der Waals surface area contributed by atoms with Crippen molar-refractivity contribution in [3.05, 3.63) is 16.7 Å². The lowest BCUT2D eigenvalue weighted by Gasteiger charge is -2.16. The van der Waals surface area contributed by atoms with Gasteiger partial charge in [-0.1, -0.05) is 0 Å². The smallest absolute Gasteiger partial charge is 0.280 e. The van der Waals surface area contributed by atoms with E-state index in [2.05, 4.69) is 15.0 Å². The maximum atomic E-state index is 11.7. The van der Waals surface area contributed by atoms with Crippen molar-refractivity contribution in [1.29, 1.82) is 0 Å². The molecule has 1 fully saturated rings. The van der Waals surface area contributed by atoms with Crippen LogP contribution in [0.1, 0.15) is 6.23 Å². The van der Waals surface area contributed by atoms with Crippen LogP contribution in [0.15, 0.2) is 11.1 Å². The molecule has 1 saturated heterocycles. The predicted molar refractivity (Wildman–Crippen MR) is 67.5 cm³/mol. The summed E-state index contributed by atoms with van der Waals surface area (Å²) in [6.07, 6.45) is -2.67. The summed E-state index contributed by atoms with van der Waals surface area (Å²) in [5.74, 6) is -0.0762. The van der Waals surface area contributed by atoms with Crippen LogP contribution in [-0.4, -0.2) is 54.6 Å². The molecule has 7 N–H and O–H groups in total. The number of nitrogens with zero attached hydrogens (tertiary/aromatic N) is 3. The Morgan fingerprint density at radius 3 is 2.85 bits per heavy atom. The van der Waals surface area contributed by atoms with Crippen LogP contribution in [0.4, 0.5) is 5.95 Å². The van der Waals surface area contributed by atoms with Gasteiger partial charge in [0.05, 0.1) is 6.33 Å². The zero-order valence-corrected chi connectivity index (χ0v) is 10.3. The molecule has 108 valence electrons. The second kappa shape index (κ2) is 4.52. The van der Waals surface area contributed by atoms with Gasteiger partial charge in [0.1, 0.15) is 18.3 Å². The fourth-order valence-electron chi connectivity index (χ4n) is 2.28. The number of nitrogen functional groups attached to an aromatic ring is 1. The van der Waals surface area contributed by atoms with E-state index in [0.29, 0.717) is 0 Å². The van der Waals surface area contributed by atoms with Gasteiger partial charge in [-0.15, -0.1) is 0 Å². The van der Waals surface area contributed by atoms with E-state index in [1.165, 1.54) is 10.9 Å². The van der Waals surface area contributed by atoms with Gasteiger partial charge in [0, 0.05) is 6.54 Å². The van der Waals surface area contributed by atoms with Gasteiger partial charge in [-0.05, 0) is 0 Å². The molecule has 3 rings (SSSR count). The Morgan fingerprint density at radius 1 is 1.45 bits per heavy atom. The van der Waals surface area contributed by atoms with E-state index in [-0.39, 0.29) is 23.7 Å². The van der Waals surface area contributed by atoms with Crippen molar-refractivity contribution < 1.29 is 14.9 Å². The van der Waals surface area contributed by atoms with Crippen LogP contribution in [0.3, 0.4) is 0 Å². The third kappa shape index (κ3) is 1.78. The van der Waals surface area contributed by atoms with E-state index in [4.69, 9.17) is 16.2 Å². The highest BCUT2D eigenvalue weighted by Gasteiger charge is 2.43. The Morgan fingerprint density at radius 2 is 2.20 bits per heavy atom. The molecule has 3 heterocycles. The second-order valence-electron chi connectivity index (χ2n) is 4.56. The molecule has 0 saturated carbocycles. The summed E-state index contributed by atoms with van der Waals surface area (Å²) in [7, 11) is 0. The molecule has 3 unspecified atom stereocenters. The van der Waals surface area contributed by atoms with Crippen LogP contribution >= 0.6 is 0 Å². The minimum absolute atomic E-state index is 0.0531. The first-order chi connectivity index (χ1) is 9.52. The summed E-state index contributed by atoms with van der Waals surface area (Å²) in [4.78, 5) is 21.9. The molecule has 0 aliphatic carbocycles. The Hall–Kier alpha value is -2.01. The monoisotopic (exact) mass is 282 g/mol. The normalized spacial score (nSPS) is 30.1. The largest absolute Gasteiger partial charge is 0.387 e. The second-order valence-corrected chi connectivity index (χ2v) is 4.56. The van der Waals surface area contributed by atoms with E-state index >= 15 is 0 Å². The molecule has 0 amide bonds. The molecule has 4 atom stereocenters. The highest BCUT2D eigenvalue weighted by molar-refractivity contribution is 5.70. The lowest BCUT2D eigenvalue weighted by atomic mass is 10.1. The van der Waals surface area contributed by atoms with Gasteiger partial charge in [-0.3, -0.25) is 14.3 Å². The Bertz CT molecular complexity index is 697. The number of nitrogens with two attached hydrogens (primary N) is 2. The van der Waals surface area contributed by atoms with Gasteiger partial charge in [-0.2, -0.15) is 4.98 Å². The Balaban J connectivity index is 2.09. The minimum atomic E-state index is -1.21. The molecule has 0 aromatic carbocycles. The fraction of sp³-hybridized carbons (Fsp3) is 0.500. The summed E-state index contributed by atoms with van der Waals surface area (Å²) in [5, 5.41) is 19.8. The van der Waals surface area contributed by atoms with Gasteiger partial charge < -0.3 is 26.4 Å². The van der Waals surface area contributed by atoms with Gasteiger partial charge in [0.25, 0.3) is 5.56 Å². The van der Waals surface area contributed by atoms with Crippen molar-refractivity contribution in [2.45, 2.75) is 24.5 Å². The first-order valence-corrected chi connectivity index (χ1v) is 5.97. The Kier molecular flexibility index (Phi) is 2.94. The van der Waals surface area contributed by atoms with E-state index < -0.39 is 30.1 Å². The number of aliphatic hydroxyl groups is 2. The van der Waals surface area contributed by atoms with E-state index in [1.54, 1.807) is 0 Å². The average molecular weight is 282 g/mol. The van der Waals surface area contributed by atoms with Crippen LogP contribution < -0.4 is 17.0 Å². The number of ether oxygens (including phenoxy) is 1. The topological polar surface area (TPSA) is 165 Å². The first-order valence-electron chi connectivity index (χ1n) is 5.97. The van der Waals surface area contributed by atoms with Crippen molar-refractivity contribution in [2.24, 2.45) is 5.73 Å². The van der Waals surface area contributed by atoms with Crippen LogP contribution in [-0.2, 0) is 4.74 Å². The van der Waals surface area contributed by atoms with Gasteiger partial charge in [0.15, 0.2) is 17.4 Å². The molecule has 10 nitrogen and oxygen atoms in total. The molecule has 20 heavy (non-hydrogen) atoms. The number of nitrogens with one attached hydrogen (secondary N) is 1. The summed E-state index contributed by atoms with van der Waals surface area (Å²) < 4.78 is 6.82. The quantitative estimate of drug-likeness (QED) is 0.396. The number of anilines is 1. The van der Waals surface area contributed by atoms with Crippen LogP contribution in [0, 0.1) is 0 Å². The van der Waals surface area contributed by atoms with Crippen LogP contribution in [0.2, 0.25) is 0 Å². The molecule has 1 aliphatic heterocycles. The standard InChI is InChI=1S/C10H14N6O4/c11-1-3-5(17)6(18)9(20-3)16-2-13-4-7(16)14-10(12)15-8(4)19/h2-3,5-6,9,17-18H,1,11H2,(H3,12,14,15,19)/t3?,5?,6?,9-/m1/s1. The maximum Gasteiger partial charge on any atom is 0.280 e. The fourth-order valence-corrected chi connectivity index (χ4v) is 2.28. The minimum Gasteiger partial charge on any atom is -0.387 e. The number of aromatic nitrogens is 4. The van der Waals surface area contributed by atoms with Gasteiger partial charge in [0.2, 0.25) is 5.95 Å². The molecular formula is C10H14N6O4. The average Bonchev–Trinajstić information content (AvgIpc) is 2.93. The molecule has 10 heteroatoms. The number of rotatable bonds is 2. The molecule has 0 radical (unpaired) electrons.